The van der Waals surface area contributed by atoms with Crippen LogP contribution in [0.2, 0.25) is 0 Å². The molecule has 0 aromatic heterocycles. The van der Waals surface area contributed by atoms with Gasteiger partial charge in [-0.1, -0.05) is 56.3 Å². The molecule has 1 unspecified atom stereocenters. The van der Waals surface area contributed by atoms with Crippen molar-refractivity contribution in [1.29, 1.82) is 0 Å². The molecule has 0 bridgehead atoms. The fourth-order valence-electron chi connectivity index (χ4n) is 2.92. The van der Waals surface area contributed by atoms with Gasteiger partial charge in [-0.3, -0.25) is 0 Å². The summed E-state index contributed by atoms with van der Waals surface area (Å²) in [4.78, 5) is 17.7. The number of benzene rings is 2. The smallest absolute Gasteiger partial charge is 0.346 e. The molecule has 0 fully saturated rings. The van der Waals surface area contributed by atoms with Gasteiger partial charge in [0.2, 0.25) is 0 Å². The number of amidine groups is 1. The van der Waals surface area contributed by atoms with Gasteiger partial charge in [-0.05, 0) is 29.2 Å². The Morgan fingerprint density at radius 3 is 2.44 bits per heavy atom. The first-order valence-electron chi connectivity index (χ1n) is 8.46. The lowest BCUT2D eigenvalue weighted by atomic mass is 10.0. The maximum absolute atomic E-state index is 12.1. The highest BCUT2D eigenvalue weighted by molar-refractivity contribution is 6.03. The lowest BCUT2D eigenvalue weighted by Crippen LogP contribution is -2.35. The largest absolute Gasteiger partial charge is 0.489 e. The monoisotopic (exact) mass is 337 g/mol. The Balaban J connectivity index is 1.70. The van der Waals surface area contributed by atoms with Gasteiger partial charge in [-0.2, -0.15) is 4.99 Å². The SMILES string of the molecule is CC(C)CN1C(=O)N=C(N)C1c1ccc(OCc2ccccc2)cc1. The first kappa shape index (κ1) is 17.0. The second-order valence-corrected chi connectivity index (χ2v) is 6.61. The van der Waals surface area contributed by atoms with Gasteiger partial charge in [-0.15, -0.1) is 0 Å². The van der Waals surface area contributed by atoms with Crippen molar-refractivity contribution >= 4 is 11.9 Å². The molecule has 2 aromatic rings. The van der Waals surface area contributed by atoms with Gasteiger partial charge in [0.25, 0.3) is 0 Å². The van der Waals surface area contributed by atoms with E-state index in [4.69, 9.17) is 10.5 Å². The average Bonchev–Trinajstić information content (AvgIpc) is 2.87. The third-order valence-corrected chi connectivity index (χ3v) is 4.07. The van der Waals surface area contributed by atoms with Crippen molar-refractivity contribution in [3.63, 3.8) is 0 Å². The molecule has 1 atom stereocenters. The van der Waals surface area contributed by atoms with Crippen LogP contribution in [0, 0.1) is 5.92 Å². The van der Waals surface area contributed by atoms with Gasteiger partial charge in [0.05, 0.1) is 0 Å². The minimum atomic E-state index is -0.293. The quantitative estimate of drug-likeness (QED) is 0.873. The van der Waals surface area contributed by atoms with Crippen LogP contribution >= 0.6 is 0 Å². The van der Waals surface area contributed by atoms with Crippen LogP contribution < -0.4 is 10.5 Å². The zero-order valence-electron chi connectivity index (χ0n) is 14.6. The average molecular weight is 337 g/mol. The highest BCUT2D eigenvalue weighted by Gasteiger charge is 2.34. The van der Waals surface area contributed by atoms with Crippen LogP contribution in [0.3, 0.4) is 0 Å². The summed E-state index contributed by atoms with van der Waals surface area (Å²) in [5.41, 5.74) is 8.06. The Kier molecular flexibility index (Phi) is 5.03. The van der Waals surface area contributed by atoms with Crippen LogP contribution in [0.15, 0.2) is 59.6 Å². The Bertz CT molecular complexity index is 754. The summed E-state index contributed by atoms with van der Waals surface area (Å²) in [5.74, 6) is 1.48. The van der Waals surface area contributed by atoms with Crippen LogP contribution in [0.25, 0.3) is 0 Å². The van der Waals surface area contributed by atoms with Crippen molar-refractivity contribution in [3.05, 3.63) is 65.7 Å². The number of amides is 2. The summed E-state index contributed by atoms with van der Waals surface area (Å²) in [6.07, 6.45) is 0. The summed E-state index contributed by atoms with van der Waals surface area (Å²) in [7, 11) is 0. The standard InChI is InChI=1S/C20H23N3O2/c1-14(2)12-23-18(19(21)22-20(23)24)16-8-10-17(11-9-16)25-13-15-6-4-3-5-7-15/h3-11,14,18H,12-13H2,1-2H3,(H2,21,22,24). The molecule has 5 heteroatoms. The Labute approximate surface area is 148 Å². The van der Waals surface area contributed by atoms with Crippen LogP contribution in [0.1, 0.15) is 31.0 Å². The maximum Gasteiger partial charge on any atom is 0.346 e. The minimum Gasteiger partial charge on any atom is -0.489 e. The van der Waals surface area contributed by atoms with Gasteiger partial charge < -0.3 is 15.4 Å². The fourth-order valence-corrected chi connectivity index (χ4v) is 2.92. The summed E-state index contributed by atoms with van der Waals surface area (Å²) in [5, 5.41) is 0. The number of rotatable bonds is 6. The van der Waals surface area contributed by atoms with Gasteiger partial charge in [0.15, 0.2) is 0 Å². The van der Waals surface area contributed by atoms with E-state index in [2.05, 4.69) is 18.8 Å². The Morgan fingerprint density at radius 1 is 1.12 bits per heavy atom. The summed E-state index contributed by atoms with van der Waals surface area (Å²) < 4.78 is 5.81. The molecule has 5 nitrogen and oxygen atoms in total. The van der Waals surface area contributed by atoms with E-state index in [1.165, 1.54) is 0 Å². The molecule has 1 aliphatic heterocycles. The van der Waals surface area contributed by atoms with Crippen molar-refractivity contribution in [2.45, 2.75) is 26.5 Å². The third-order valence-electron chi connectivity index (χ3n) is 4.07. The van der Waals surface area contributed by atoms with Crippen LogP contribution in [0.5, 0.6) is 5.75 Å². The molecule has 1 heterocycles. The number of carbonyl (C=O) groups excluding carboxylic acids is 1. The predicted octanol–water partition coefficient (Wildman–Crippen LogP) is 3.76. The molecule has 130 valence electrons. The summed E-state index contributed by atoms with van der Waals surface area (Å²) in [6.45, 7) is 5.28. The Morgan fingerprint density at radius 2 is 1.80 bits per heavy atom. The maximum atomic E-state index is 12.1. The predicted molar refractivity (Wildman–Crippen MR) is 98.5 cm³/mol. The van der Waals surface area contributed by atoms with E-state index in [1.807, 2.05) is 54.6 Å². The second-order valence-electron chi connectivity index (χ2n) is 6.61. The number of ether oxygens (including phenoxy) is 1. The zero-order chi connectivity index (χ0) is 17.8. The molecular weight excluding hydrogens is 314 g/mol. The van der Waals surface area contributed by atoms with Crippen molar-refractivity contribution in [2.24, 2.45) is 16.6 Å². The van der Waals surface area contributed by atoms with Gasteiger partial charge >= 0.3 is 6.03 Å². The van der Waals surface area contributed by atoms with Crippen molar-refractivity contribution in [1.82, 2.24) is 4.90 Å². The molecule has 1 aliphatic rings. The first-order valence-corrected chi connectivity index (χ1v) is 8.46. The normalized spacial score (nSPS) is 17.1. The summed E-state index contributed by atoms with van der Waals surface area (Å²) >= 11 is 0. The van der Waals surface area contributed by atoms with Gasteiger partial charge in [-0.25, -0.2) is 4.79 Å². The molecule has 2 aromatic carbocycles. The van der Waals surface area contributed by atoms with Crippen LogP contribution in [-0.4, -0.2) is 23.3 Å². The van der Waals surface area contributed by atoms with Crippen molar-refractivity contribution in [2.75, 3.05) is 6.54 Å². The lowest BCUT2D eigenvalue weighted by Gasteiger charge is -2.26. The minimum absolute atomic E-state index is 0.263. The molecular formula is C20H23N3O2. The molecule has 0 saturated heterocycles. The highest BCUT2D eigenvalue weighted by Crippen LogP contribution is 2.29. The van der Waals surface area contributed by atoms with E-state index in [9.17, 15) is 4.79 Å². The lowest BCUT2D eigenvalue weighted by molar-refractivity contribution is 0.199. The number of hydrogen-bond acceptors (Lipinski definition) is 3. The molecule has 0 spiro atoms. The number of hydrogen-bond donors (Lipinski definition) is 1. The van der Waals surface area contributed by atoms with E-state index in [-0.39, 0.29) is 12.1 Å². The number of urea groups is 1. The number of nitrogens with zero attached hydrogens (tertiary/aromatic N) is 2. The van der Waals surface area contributed by atoms with E-state index >= 15 is 0 Å². The topological polar surface area (TPSA) is 67.9 Å². The fraction of sp³-hybridized carbons (Fsp3) is 0.300. The van der Waals surface area contributed by atoms with Crippen molar-refractivity contribution < 1.29 is 9.53 Å². The molecule has 25 heavy (non-hydrogen) atoms. The molecule has 0 radical (unpaired) electrons. The number of aliphatic imine (C=N–C) groups is 1. The van der Waals surface area contributed by atoms with Gasteiger partial charge in [0, 0.05) is 6.54 Å². The Hall–Kier alpha value is -2.82. The number of nitrogens with two attached hydrogens (primary N) is 1. The third kappa shape index (κ3) is 3.99. The second kappa shape index (κ2) is 7.38. The van der Waals surface area contributed by atoms with Crippen LogP contribution in [-0.2, 0) is 6.61 Å². The zero-order valence-corrected chi connectivity index (χ0v) is 14.6. The molecule has 2 amide bonds. The molecule has 3 rings (SSSR count). The van der Waals surface area contributed by atoms with E-state index < -0.39 is 0 Å². The molecule has 0 saturated carbocycles. The first-order chi connectivity index (χ1) is 12.0. The molecule has 0 aliphatic carbocycles. The van der Waals surface area contributed by atoms with E-state index in [0.717, 1.165) is 16.9 Å². The van der Waals surface area contributed by atoms with Gasteiger partial charge in [0.1, 0.15) is 24.2 Å². The number of carbonyl (C=O) groups is 1. The summed E-state index contributed by atoms with van der Waals surface area (Å²) in [6, 6.07) is 17.2. The molecule has 2 N–H and O–H groups in total. The highest BCUT2D eigenvalue weighted by atomic mass is 16.5. The van der Waals surface area contributed by atoms with E-state index in [0.29, 0.717) is 24.9 Å². The van der Waals surface area contributed by atoms with Crippen LogP contribution in [0.4, 0.5) is 4.79 Å². The van der Waals surface area contributed by atoms with Crippen molar-refractivity contribution in [3.8, 4) is 5.75 Å². The van der Waals surface area contributed by atoms with E-state index in [1.54, 1.807) is 4.90 Å².